The first-order valence-corrected chi connectivity index (χ1v) is 10.8. The van der Waals surface area contributed by atoms with Gasteiger partial charge in [-0.15, -0.1) is 0 Å². The minimum Gasteiger partial charge on any atom is -0.462 e. The summed E-state index contributed by atoms with van der Waals surface area (Å²) in [5.74, 6) is -0.777. The van der Waals surface area contributed by atoms with Crippen LogP contribution in [0.5, 0.6) is 0 Å². The Morgan fingerprint density at radius 2 is 1.79 bits per heavy atom. The second-order valence-corrected chi connectivity index (χ2v) is 7.70. The van der Waals surface area contributed by atoms with Gasteiger partial charge in [-0.25, -0.2) is 4.79 Å². The van der Waals surface area contributed by atoms with Crippen molar-refractivity contribution in [3.05, 3.63) is 94.3 Å². The van der Waals surface area contributed by atoms with Crippen LogP contribution >= 0.6 is 0 Å². The molecule has 0 unspecified atom stereocenters. The molecule has 0 bridgehead atoms. The zero-order valence-corrected chi connectivity index (χ0v) is 19.3. The van der Waals surface area contributed by atoms with Gasteiger partial charge in [-0.1, -0.05) is 30.3 Å². The number of nitrogens with zero attached hydrogens (tertiary/aromatic N) is 2. The van der Waals surface area contributed by atoms with E-state index in [1.807, 2.05) is 79.9 Å². The van der Waals surface area contributed by atoms with Gasteiger partial charge in [0.15, 0.2) is 0 Å². The highest BCUT2D eigenvalue weighted by atomic mass is 16.5. The smallest absolute Gasteiger partial charge is 0.338 e. The fraction of sp³-hybridized carbons (Fsp3) is 0.222. The number of nitriles is 1. The van der Waals surface area contributed by atoms with E-state index in [0.29, 0.717) is 12.2 Å². The first-order valence-electron chi connectivity index (χ1n) is 10.8. The van der Waals surface area contributed by atoms with Gasteiger partial charge < -0.3 is 14.6 Å². The highest BCUT2D eigenvalue weighted by molar-refractivity contribution is 6.02. The van der Waals surface area contributed by atoms with E-state index in [9.17, 15) is 14.9 Å². The molecule has 3 aromatic rings. The van der Waals surface area contributed by atoms with Gasteiger partial charge >= 0.3 is 5.97 Å². The van der Waals surface area contributed by atoms with E-state index in [4.69, 9.17) is 4.74 Å². The van der Waals surface area contributed by atoms with Crippen LogP contribution in [0.2, 0.25) is 0 Å². The number of aromatic nitrogens is 1. The number of benzene rings is 2. The molecule has 0 saturated carbocycles. The van der Waals surface area contributed by atoms with Gasteiger partial charge in [0.05, 0.1) is 18.2 Å². The first kappa shape index (κ1) is 23.6. The van der Waals surface area contributed by atoms with E-state index in [-0.39, 0.29) is 17.6 Å². The van der Waals surface area contributed by atoms with Crippen molar-refractivity contribution in [2.75, 3.05) is 6.61 Å². The van der Waals surface area contributed by atoms with Crippen molar-refractivity contribution in [2.24, 2.45) is 0 Å². The second-order valence-electron chi connectivity index (χ2n) is 7.70. The van der Waals surface area contributed by atoms with Crippen LogP contribution in [0.1, 0.15) is 52.8 Å². The normalized spacial score (nSPS) is 12.0. The molecule has 1 heterocycles. The largest absolute Gasteiger partial charge is 0.462 e. The molecular formula is C27H27N3O3. The number of rotatable bonds is 7. The zero-order chi connectivity index (χ0) is 24.0. The Labute approximate surface area is 194 Å². The number of esters is 1. The number of nitrogens with one attached hydrogen (secondary N) is 1. The average Bonchev–Trinajstić information content (AvgIpc) is 3.10. The summed E-state index contributed by atoms with van der Waals surface area (Å²) in [6.07, 6.45) is 1.61. The third kappa shape index (κ3) is 5.39. The van der Waals surface area contributed by atoms with Crippen molar-refractivity contribution in [1.29, 1.82) is 5.26 Å². The van der Waals surface area contributed by atoms with Gasteiger partial charge in [-0.05, 0) is 75.2 Å². The van der Waals surface area contributed by atoms with E-state index in [1.54, 1.807) is 25.1 Å². The summed E-state index contributed by atoms with van der Waals surface area (Å²) in [6, 6.07) is 20.5. The van der Waals surface area contributed by atoms with Crippen molar-refractivity contribution < 1.29 is 14.3 Å². The standard InChI is InChI=1S/C27H27N3O3/c1-5-33-27(32)22-11-13-25(14-12-22)30-18(2)15-23(20(30)4)16-24(17-28)26(31)29-19(3)21-9-7-6-8-10-21/h6-16,19H,5H2,1-4H3,(H,29,31)/b24-16+/t19-/m1/s1. The lowest BCUT2D eigenvalue weighted by atomic mass is 10.1. The fourth-order valence-corrected chi connectivity index (χ4v) is 3.70. The first-order chi connectivity index (χ1) is 15.8. The Morgan fingerprint density at radius 3 is 2.39 bits per heavy atom. The topological polar surface area (TPSA) is 84.1 Å². The molecule has 0 aliphatic heterocycles. The molecular weight excluding hydrogens is 414 g/mol. The highest BCUT2D eigenvalue weighted by Gasteiger charge is 2.16. The van der Waals surface area contributed by atoms with Gasteiger partial charge in [-0.2, -0.15) is 5.26 Å². The second kappa shape index (κ2) is 10.5. The fourth-order valence-electron chi connectivity index (χ4n) is 3.70. The van der Waals surface area contributed by atoms with Gasteiger partial charge in [0.25, 0.3) is 5.91 Å². The van der Waals surface area contributed by atoms with Gasteiger partial charge in [0.2, 0.25) is 0 Å². The molecule has 0 spiro atoms. The molecule has 0 aliphatic carbocycles. The summed E-state index contributed by atoms with van der Waals surface area (Å²) in [5.41, 5.74) is 4.97. The minimum atomic E-state index is -0.419. The molecule has 0 aliphatic rings. The van der Waals surface area contributed by atoms with Crippen LogP contribution in [0.4, 0.5) is 0 Å². The van der Waals surface area contributed by atoms with E-state index in [2.05, 4.69) is 5.32 Å². The van der Waals surface area contributed by atoms with E-state index >= 15 is 0 Å². The van der Waals surface area contributed by atoms with Crippen LogP contribution in [0.15, 0.2) is 66.2 Å². The van der Waals surface area contributed by atoms with Crippen molar-refractivity contribution in [2.45, 2.75) is 33.7 Å². The van der Waals surface area contributed by atoms with Crippen molar-refractivity contribution >= 4 is 18.0 Å². The molecule has 6 heteroatoms. The monoisotopic (exact) mass is 441 g/mol. The number of ether oxygens (including phenoxy) is 1. The van der Waals surface area contributed by atoms with Gasteiger partial charge in [0.1, 0.15) is 11.6 Å². The number of carbonyl (C=O) groups is 2. The maximum atomic E-state index is 12.7. The number of hydrogen-bond acceptors (Lipinski definition) is 4. The van der Waals surface area contributed by atoms with Crippen molar-refractivity contribution in [1.82, 2.24) is 9.88 Å². The third-order valence-corrected chi connectivity index (χ3v) is 5.42. The van der Waals surface area contributed by atoms with Gasteiger partial charge in [0, 0.05) is 17.1 Å². The lowest BCUT2D eigenvalue weighted by Gasteiger charge is -2.14. The summed E-state index contributed by atoms with van der Waals surface area (Å²) in [6.45, 7) is 7.86. The summed E-state index contributed by atoms with van der Waals surface area (Å²) in [7, 11) is 0. The molecule has 1 amide bonds. The van der Waals surface area contributed by atoms with Crippen LogP contribution in [-0.4, -0.2) is 23.1 Å². The molecule has 2 aromatic carbocycles. The summed E-state index contributed by atoms with van der Waals surface area (Å²) in [5, 5.41) is 12.5. The lowest BCUT2D eigenvalue weighted by molar-refractivity contribution is -0.117. The van der Waals surface area contributed by atoms with E-state index < -0.39 is 5.91 Å². The SMILES string of the molecule is CCOC(=O)c1ccc(-n2c(C)cc(/C=C(\C#N)C(=O)N[C@H](C)c3ccccc3)c2C)cc1. The van der Waals surface area contributed by atoms with Gasteiger partial charge in [-0.3, -0.25) is 4.79 Å². The number of aryl methyl sites for hydroxylation is 1. The van der Waals surface area contributed by atoms with Crippen LogP contribution in [0.3, 0.4) is 0 Å². The molecule has 0 fully saturated rings. The molecule has 1 N–H and O–H groups in total. The molecule has 33 heavy (non-hydrogen) atoms. The Bertz CT molecular complexity index is 1220. The van der Waals surface area contributed by atoms with Crippen molar-refractivity contribution in [3.8, 4) is 11.8 Å². The predicted molar refractivity (Wildman–Crippen MR) is 128 cm³/mol. The summed E-state index contributed by atoms with van der Waals surface area (Å²) in [4.78, 5) is 24.6. The highest BCUT2D eigenvalue weighted by Crippen LogP contribution is 2.24. The van der Waals surface area contributed by atoms with Crippen LogP contribution in [0.25, 0.3) is 11.8 Å². The van der Waals surface area contributed by atoms with E-state index in [0.717, 1.165) is 28.2 Å². The third-order valence-electron chi connectivity index (χ3n) is 5.42. The Balaban J connectivity index is 1.85. The number of amides is 1. The summed E-state index contributed by atoms with van der Waals surface area (Å²) >= 11 is 0. The minimum absolute atomic E-state index is 0.0377. The predicted octanol–water partition coefficient (Wildman–Crippen LogP) is 5.06. The zero-order valence-electron chi connectivity index (χ0n) is 19.3. The molecule has 6 nitrogen and oxygen atoms in total. The molecule has 1 aromatic heterocycles. The molecule has 0 saturated heterocycles. The Kier molecular flexibility index (Phi) is 7.47. The van der Waals surface area contributed by atoms with Crippen LogP contribution in [0, 0.1) is 25.2 Å². The number of carbonyl (C=O) groups excluding carboxylic acids is 2. The lowest BCUT2D eigenvalue weighted by Crippen LogP contribution is -2.27. The van der Waals surface area contributed by atoms with Crippen molar-refractivity contribution in [3.63, 3.8) is 0 Å². The van der Waals surface area contributed by atoms with Crippen LogP contribution < -0.4 is 5.32 Å². The quantitative estimate of drug-likeness (QED) is 0.316. The summed E-state index contributed by atoms with van der Waals surface area (Å²) < 4.78 is 7.05. The molecule has 0 radical (unpaired) electrons. The average molecular weight is 442 g/mol. The Morgan fingerprint density at radius 1 is 1.12 bits per heavy atom. The Hall–Kier alpha value is -4.11. The van der Waals surface area contributed by atoms with Crippen LogP contribution in [-0.2, 0) is 9.53 Å². The maximum Gasteiger partial charge on any atom is 0.338 e. The number of hydrogen-bond donors (Lipinski definition) is 1. The maximum absolute atomic E-state index is 12.7. The molecule has 1 atom stereocenters. The molecule has 168 valence electrons. The molecule has 3 rings (SSSR count). The van der Waals surface area contributed by atoms with E-state index in [1.165, 1.54) is 0 Å².